The molecule has 0 spiro atoms. The van der Waals surface area contributed by atoms with E-state index in [1.165, 1.54) is 17.7 Å². The van der Waals surface area contributed by atoms with Crippen molar-refractivity contribution in [3.8, 4) is 5.75 Å². The summed E-state index contributed by atoms with van der Waals surface area (Å²) in [4.78, 5) is 7.14. The summed E-state index contributed by atoms with van der Waals surface area (Å²) >= 11 is 0. The van der Waals surface area contributed by atoms with E-state index < -0.39 is 0 Å². The molecule has 5 heteroatoms. The number of para-hydroxylation sites is 1. The van der Waals surface area contributed by atoms with Crippen LogP contribution in [0.15, 0.2) is 36.5 Å². The Balaban J connectivity index is 1.56. The fourth-order valence-corrected chi connectivity index (χ4v) is 4.39. The Kier molecular flexibility index (Phi) is 2.94. The molecule has 2 aliphatic rings. The molecule has 122 valence electrons. The molecule has 5 rings (SSSR count). The Bertz CT molecular complexity index is 932. The summed E-state index contributed by atoms with van der Waals surface area (Å²) in [6.07, 6.45) is 5.38. The van der Waals surface area contributed by atoms with E-state index in [0.29, 0.717) is 17.8 Å². The first-order chi connectivity index (χ1) is 11.7. The Hall–Kier alpha value is -2.40. The number of benzene rings is 1. The molecule has 2 atom stereocenters. The number of aryl methyl sites for hydroxylation is 1. The van der Waals surface area contributed by atoms with Gasteiger partial charge in [0.25, 0.3) is 0 Å². The van der Waals surface area contributed by atoms with Crippen molar-refractivity contribution in [1.29, 1.82) is 0 Å². The van der Waals surface area contributed by atoms with Crippen LogP contribution in [0.4, 0.5) is 0 Å². The second-order valence-electron chi connectivity index (χ2n) is 6.97. The molecule has 4 heterocycles. The molecule has 2 bridgehead atoms. The lowest BCUT2D eigenvalue weighted by molar-refractivity contribution is 0.163. The first-order valence-electron chi connectivity index (χ1n) is 8.57. The highest BCUT2D eigenvalue weighted by Crippen LogP contribution is 2.44. The first-order valence-corrected chi connectivity index (χ1v) is 8.57. The van der Waals surface area contributed by atoms with Gasteiger partial charge in [-0.1, -0.05) is 18.2 Å². The average Bonchev–Trinajstić information content (AvgIpc) is 3.08. The van der Waals surface area contributed by atoms with Crippen LogP contribution < -0.4 is 0 Å². The molecule has 0 aliphatic carbocycles. The Morgan fingerprint density at radius 2 is 2.12 bits per heavy atom. The fourth-order valence-electron chi connectivity index (χ4n) is 4.39. The summed E-state index contributed by atoms with van der Waals surface area (Å²) in [5.41, 5.74) is 5.57. The van der Waals surface area contributed by atoms with E-state index in [-0.39, 0.29) is 0 Å². The lowest BCUT2D eigenvalue weighted by Gasteiger charge is -2.36. The van der Waals surface area contributed by atoms with Crippen LogP contribution in [0, 0.1) is 6.92 Å². The van der Waals surface area contributed by atoms with E-state index in [4.69, 9.17) is 0 Å². The van der Waals surface area contributed by atoms with Crippen molar-refractivity contribution in [2.45, 2.75) is 44.8 Å². The van der Waals surface area contributed by atoms with Gasteiger partial charge in [-0.15, -0.1) is 0 Å². The van der Waals surface area contributed by atoms with Crippen molar-refractivity contribution in [2.24, 2.45) is 0 Å². The molecule has 0 saturated carbocycles. The molecule has 24 heavy (non-hydrogen) atoms. The molecule has 5 nitrogen and oxygen atoms in total. The van der Waals surface area contributed by atoms with Gasteiger partial charge in [0.05, 0.1) is 11.4 Å². The molecule has 0 radical (unpaired) electrons. The average molecular weight is 320 g/mol. The van der Waals surface area contributed by atoms with Gasteiger partial charge in [-0.3, -0.25) is 4.90 Å². The number of hydrogen-bond donors (Lipinski definition) is 1. The summed E-state index contributed by atoms with van der Waals surface area (Å²) in [5, 5.41) is 14.8. The third-order valence-electron chi connectivity index (χ3n) is 5.51. The summed E-state index contributed by atoms with van der Waals surface area (Å²) in [6, 6.07) is 10.6. The molecular weight excluding hydrogens is 300 g/mol. The number of rotatable bonds is 2. The highest BCUT2D eigenvalue weighted by molar-refractivity contribution is 5.44. The van der Waals surface area contributed by atoms with Crippen molar-refractivity contribution in [1.82, 2.24) is 19.5 Å². The lowest BCUT2D eigenvalue weighted by Crippen LogP contribution is -2.38. The smallest absolute Gasteiger partial charge is 0.155 e. The zero-order chi connectivity index (χ0) is 16.3. The minimum Gasteiger partial charge on any atom is -0.508 e. The van der Waals surface area contributed by atoms with E-state index in [2.05, 4.69) is 15.0 Å². The van der Waals surface area contributed by atoms with Gasteiger partial charge in [0.1, 0.15) is 5.75 Å². The molecule has 3 aromatic rings. The SMILES string of the molecule is Cc1cc2ncc3c(n2n1)C[C@H]1CC[C@@H]3N1Cc1ccccc1O. The van der Waals surface area contributed by atoms with E-state index >= 15 is 0 Å². The quantitative estimate of drug-likeness (QED) is 0.788. The third-order valence-corrected chi connectivity index (χ3v) is 5.51. The van der Waals surface area contributed by atoms with Gasteiger partial charge in [0.15, 0.2) is 5.65 Å². The number of fused-ring (bicyclic) bond motifs is 6. The molecule has 2 aromatic heterocycles. The van der Waals surface area contributed by atoms with Crippen molar-refractivity contribution < 1.29 is 5.11 Å². The molecule has 1 saturated heterocycles. The zero-order valence-corrected chi connectivity index (χ0v) is 13.7. The highest BCUT2D eigenvalue weighted by atomic mass is 16.3. The van der Waals surface area contributed by atoms with Gasteiger partial charge >= 0.3 is 0 Å². The maximum Gasteiger partial charge on any atom is 0.155 e. The minimum atomic E-state index is 0.375. The second kappa shape index (κ2) is 5.05. The van der Waals surface area contributed by atoms with Gasteiger partial charge in [0.2, 0.25) is 0 Å². The first kappa shape index (κ1) is 14.0. The summed E-state index contributed by atoms with van der Waals surface area (Å²) in [7, 11) is 0. The van der Waals surface area contributed by atoms with Crippen LogP contribution >= 0.6 is 0 Å². The summed E-state index contributed by atoms with van der Waals surface area (Å²) in [5.74, 6) is 0.388. The maximum absolute atomic E-state index is 10.1. The Morgan fingerprint density at radius 3 is 3.00 bits per heavy atom. The molecule has 0 unspecified atom stereocenters. The highest BCUT2D eigenvalue weighted by Gasteiger charge is 2.41. The van der Waals surface area contributed by atoms with Crippen LogP contribution in [-0.4, -0.2) is 30.6 Å². The number of nitrogens with zero attached hydrogens (tertiary/aromatic N) is 4. The van der Waals surface area contributed by atoms with Gasteiger partial charge in [0, 0.05) is 48.4 Å². The van der Waals surface area contributed by atoms with Crippen molar-refractivity contribution in [3.63, 3.8) is 0 Å². The number of aromatic nitrogens is 3. The normalized spacial score (nSPS) is 22.9. The van der Waals surface area contributed by atoms with Gasteiger partial charge in [-0.2, -0.15) is 5.10 Å². The van der Waals surface area contributed by atoms with Crippen LogP contribution in [0.25, 0.3) is 5.65 Å². The van der Waals surface area contributed by atoms with E-state index in [1.54, 1.807) is 6.07 Å². The number of aromatic hydroxyl groups is 1. The molecule has 0 amide bonds. The van der Waals surface area contributed by atoms with Crippen LogP contribution in [0.2, 0.25) is 0 Å². The van der Waals surface area contributed by atoms with Gasteiger partial charge < -0.3 is 5.11 Å². The Labute approximate surface area is 140 Å². The molecule has 1 N–H and O–H groups in total. The number of phenolic OH excluding ortho intramolecular Hbond substituents is 1. The summed E-state index contributed by atoms with van der Waals surface area (Å²) in [6.45, 7) is 2.81. The van der Waals surface area contributed by atoms with E-state index in [0.717, 1.165) is 36.3 Å². The predicted molar refractivity (Wildman–Crippen MR) is 90.8 cm³/mol. The van der Waals surface area contributed by atoms with E-state index in [1.807, 2.05) is 41.9 Å². The standard InChI is InChI=1S/C19H20N4O/c1-12-8-19-20-10-15-16-7-6-14(9-17(15)23(19)21-12)22(16)11-13-4-2-3-5-18(13)24/h2-5,8,10,14,16,24H,6-7,9,11H2,1H3/t14-,16+/m1/s1. The topological polar surface area (TPSA) is 53.7 Å². The summed E-state index contributed by atoms with van der Waals surface area (Å²) < 4.78 is 2.04. The fraction of sp³-hybridized carbons (Fsp3) is 0.368. The second-order valence-corrected chi connectivity index (χ2v) is 6.97. The lowest BCUT2D eigenvalue weighted by atomic mass is 9.98. The maximum atomic E-state index is 10.1. The van der Waals surface area contributed by atoms with Gasteiger partial charge in [-0.05, 0) is 25.8 Å². The van der Waals surface area contributed by atoms with Crippen LogP contribution in [0.5, 0.6) is 5.75 Å². The van der Waals surface area contributed by atoms with E-state index in [9.17, 15) is 5.11 Å². The van der Waals surface area contributed by atoms with Crippen LogP contribution in [0.3, 0.4) is 0 Å². The minimum absolute atomic E-state index is 0.375. The largest absolute Gasteiger partial charge is 0.508 e. The molecule has 1 aromatic carbocycles. The Morgan fingerprint density at radius 1 is 1.25 bits per heavy atom. The molecule has 1 fully saturated rings. The molecular formula is C19H20N4O. The van der Waals surface area contributed by atoms with Gasteiger partial charge in [-0.25, -0.2) is 9.50 Å². The predicted octanol–water partition coefficient (Wildman–Crippen LogP) is 3.01. The van der Waals surface area contributed by atoms with Crippen molar-refractivity contribution in [2.75, 3.05) is 0 Å². The van der Waals surface area contributed by atoms with Crippen LogP contribution in [-0.2, 0) is 13.0 Å². The number of hydrogen-bond acceptors (Lipinski definition) is 4. The zero-order valence-electron chi connectivity index (χ0n) is 13.7. The monoisotopic (exact) mass is 320 g/mol. The van der Waals surface area contributed by atoms with Crippen molar-refractivity contribution >= 4 is 5.65 Å². The third kappa shape index (κ3) is 1.97. The van der Waals surface area contributed by atoms with Crippen molar-refractivity contribution in [3.05, 3.63) is 59.0 Å². The number of phenols is 1. The molecule has 2 aliphatic heterocycles. The van der Waals surface area contributed by atoms with Crippen LogP contribution in [0.1, 0.15) is 41.4 Å².